The van der Waals surface area contributed by atoms with Crippen molar-refractivity contribution in [3.8, 4) is 0 Å². The van der Waals surface area contributed by atoms with Crippen molar-refractivity contribution in [1.82, 2.24) is 5.06 Å². The molecule has 0 radical (unpaired) electrons. The number of hydroxylamine groups is 2. The molecule has 4 atom stereocenters. The van der Waals surface area contributed by atoms with Crippen LogP contribution in [-0.4, -0.2) is 22.4 Å². The molecule has 2 aliphatic rings. The topological polar surface area (TPSA) is 23.5 Å². The van der Waals surface area contributed by atoms with Gasteiger partial charge in [0.1, 0.15) is 0 Å². The maximum Gasteiger partial charge on any atom is 0.0432 e. The van der Waals surface area contributed by atoms with Crippen molar-refractivity contribution in [2.45, 2.75) is 65.0 Å². The maximum atomic E-state index is 10.2. The Kier molecular flexibility index (Phi) is 2.61. The van der Waals surface area contributed by atoms with Crippen LogP contribution in [0, 0.1) is 11.3 Å². The van der Waals surface area contributed by atoms with Crippen molar-refractivity contribution in [1.29, 1.82) is 0 Å². The SMILES string of the molecule is CCC1CCCC2(C)CC(C)C2N1O. The third-order valence-corrected chi connectivity index (χ3v) is 4.46. The lowest BCUT2D eigenvalue weighted by Gasteiger charge is -2.55. The van der Waals surface area contributed by atoms with Crippen LogP contribution in [0.2, 0.25) is 0 Å². The zero-order chi connectivity index (χ0) is 10.3. The van der Waals surface area contributed by atoms with Crippen LogP contribution in [0.25, 0.3) is 0 Å². The molecule has 0 amide bonds. The summed E-state index contributed by atoms with van der Waals surface area (Å²) in [4.78, 5) is 0. The summed E-state index contributed by atoms with van der Waals surface area (Å²) in [5, 5.41) is 11.9. The summed E-state index contributed by atoms with van der Waals surface area (Å²) < 4.78 is 0. The molecule has 1 aliphatic heterocycles. The summed E-state index contributed by atoms with van der Waals surface area (Å²) in [6.45, 7) is 6.80. The van der Waals surface area contributed by atoms with E-state index in [2.05, 4.69) is 20.8 Å². The zero-order valence-corrected chi connectivity index (χ0v) is 9.66. The number of hydrogen-bond donors (Lipinski definition) is 1. The lowest BCUT2D eigenvalue weighted by atomic mass is 9.58. The average Bonchev–Trinajstić information content (AvgIpc) is 2.19. The van der Waals surface area contributed by atoms with Crippen molar-refractivity contribution in [3.63, 3.8) is 0 Å². The molecule has 0 aromatic heterocycles. The molecule has 0 spiro atoms. The second kappa shape index (κ2) is 3.49. The first-order chi connectivity index (χ1) is 6.58. The Morgan fingerprint density at radius 2 is 2.21 bits per heavy atom. The van der Waals surface area contributed by atoms with Gasteiger partial charge >= 0.3 is 0 Å². The molecular formula is C12H23NO. The molecule has 0 aromatic rings. The Hall–Kier alpha value is -0.0800. The standard InChI is InChI=1S/C12H23NO/c1-4-10-6-5-7-12(3)8-9(2)11(12)13(10)14/h9-11,14H,4-8H2,1-3H3. The van der Waals surface area contributed by atoms with Crippen LogP contribution in [0.15, 0.2) is 0 Å². The van der Waals surface area contributed by atoms with Gasteiger partial charge in [0, 0.05) is 12.1 Å². The van der Waals surface area contributed by atoms with Gasteiger partial charge in [-0.15, -0.1) is 0 Å². The monoisotopic (exact) mass is 197 g/mol. The van der Waals surface area contributed by atoms with E-state index in [4.69, 9.17) is 0 Å². The predicted octanol–water partition coefficient (Wildman–Crippen LogP) is 3.05. The molecule has 1 saturated carbocycles. The number of nitrogens with zero attached hydrogens (tertiary/aromatic N) is 1. The van der Waals surface area contributed by atoms with Crippen LogP contribution in [0.3, 0.4) is 0 Å². The Morgan fingerprint density at radius 1 is 1.50 bits per heavy atom. The highest BCUT2D eigenvalue weighted by Crippen LogP contribution is 2.53. The quantitative estimate of drug-likeness (QED) is 0.698. The number of hydrogen-bond acceptors (Lipinski definition) is 2. The van der Waals surface area contributed by atoms with Gasteiger partial charge in [-0.25, -0.2) is 0 Å². The van der Waals surface area contributed by atoms with E-state index in [0.717, 1.165) is 6.42 Å². The van der Waals surface area contributed by atoms with Gasteiger partial charge in [0.2, 0.25) is 0 Å². The first-order valence-corrected chi connectivity index (χ1v) is 6.05. The second-order valence-electron chi connectivity index (χ2n) is 5.61. The first kappa shape index (κ1) is 10.4. The average molecular weight is 197 g/mol. The van der Waals surface area contributed by atoms with Crippen LogP contribution in [-0.2, 0) is 0 Å². The van der Waals surface area contributed by atoms with Gasteiger partial charge in [0.15, 0.2) is 0 Å². The van der Waals surface area contributed by atoms with Crippen molar-refractivity contribution in [2.75, 3.05) is 0 Å². The van der Waals surface area contributed by atoms with E-state index < -0.39 is 0 Å². The molecule has 14 heavy (non-hydrogen) atoms. The molecule has 2 nitrogen and oxygen atoms in total. The van der Waals surface area contributed by atoms with E-state index in [1.807, 2.05) is 0 Å². The predicted molar refractivity (Wildman–Crippen MR) is 57.2 cm³/mol. The Morgan fingerprint density at radius 3 is 2.79 bits per heavy atom. The lowest BCUT2D eigenvalue weighted by Crippen LogP contribution is -2.59. The summed E-state index contributed by atoms with van der Waals surface area (Å²) in [7, 11) is 0. The molecular weight excluding hydrogens is 174 g/mol. The van der Waals surface area contributed by atoms with Crippen LogP contribution in [0.5, 0.6) is 0 Å². The van der Waals surface area contributed by atoms with E-state index in [9.17, 15) is 5.21 Å². The van der Waals surface area contributed by atoms with Gasteiger partial charge in [0.05, 0.1) is 0 Å². The smallest absolute Gasteiger partial charge is 0.0432 e. The molecule has 82 valence electrons. The highest BCUT2D eigenvalue weighted by Gasteiger charge is 2.53. The summed E-state index contributed by atoms with van der Waals surface area (Å²) >= 11 is 0. The fourth-order valence-corrected chi connectivity index (χ4v) is 3.82. The molecule has 2 heteroatoms. The minimum Gasteiger partial charge on any atom is -0.313 e. The van der Waals surface area contributed by atoms with Crippen LogP contribution >= 0.6 is 0 Å². The molecule has 2 rings (SSSR count). The van der Waals surface area contributed by atoms with Crippen molar-refractivity contribution in [3.05, 3.63) is 0 Å². The minimum atomic E-state index is 0.401. The summed E-state index contributed by atoms with van der Waals surface area (Å²) in [6, 6.07) is 0.833. The Balaban J connectivity index is 2.15. The summed E-state index contributed by atoms with van der Waals surface area (Å²) in [5.74, 6) is 0.678. The van der Waals surface area contributed by atoms with Gasteiger partial charge in [-0.3, -0.25) is 0 Å². The van der Waals surface area contributed by atoms with Crippen molar-refractivity contribution < 1.29 is 5.21 Å². The summed E-state index contributed by atoms with van der Waals surface area (Å²) in [6.07, 6.45) is 6.14. The van der Waals surface area contributed by atoms with Gasteiger partial charge < -0.3 is 5.21 Å². The normalized spacial score (nSPS) is 49.3. The van der Waals surface area contributed by atoms with Crippen molar-refractivity contribution in [2.24, 2.45) is 11.3 Å². The van der Waals surface area contributed by atoms with Gasteiger partial charge in [0.25, 0.3) is 0 Å². The number of rotatable bonds is 1. The molecule has 1 heterocycles. The van der Waals surface area contributed by atoms with Gasteiger partial charge in [-0.05, 0) is 37.0 Å². The van der Waals surface area contributed by atoms with Gasteiger partial charge in [-0.2, -0.15) is 5.06 Å². The van der Waals surface area contributed by atoms with Crippen LogP contribution in [0.1, 0.15) is 52.9 Å². The highest BCUT2D eigenvalue weighted by molar-refractivity contribution is 5.03. The van der Waals surface area contributed by atoms with Crippen LogP contribution < -0.4 is 0 Å². The fraction of sp³-hybridized carbons (Fsp3) is 1.00. The minimum absolute atomic E-state index is 0.401. The molecule has 1 aliphatic carbocycles. The number of fused-ring (bicyclic) bond motifs is 1. The molecule has 2 fully saturated rings. The largest absolute Gasteiger partial charge is 0.313 e. The highest BCUT2D eigenvalue weighted by atomic mass is 16.5. The van der Waals surface area contributed by atoms with E-state index in [1.54, 1.807) is 5.06 Å². The zero-order valence-electron chi connectivity index (χ0n) is 9.66. The van der Waals surface area contributed by atoms with Crippen molar-refractivity contribution >= 4 is 0 Å². The Labute approximate surface area is 87.3 Å². The molecule has 1 N–H and O–H groups in total. The van der Waals surface area contributed by atoms with Gasteiger partial charge in [-0.1, -0.05) is 27.2 Å². The second-order valence-corrected chi connectivity index (χ2v) is 5.61. The Bertz CT molecular complexity index is 218. The summed E-state index contributed by atoms with van der Waals surface area (Å²) in [5.41, 5.74) is 0.401. The van der Waals surface area contributed by atoms with E-state index in [0.29, 0.717) is 23.4 Å². The molecule has 0 bridgehead atoms. The maximum absolute atomic E-state index is 10.2. The van der Waals surface area contributed by atoms with E-state index >= 15 is 0 Å². The lowest BCUT2D eigenvalue weighted by molar-refractivity contribution is -0.231. The van der Waals surface area contributed by atoms with E-state index in [-0.39, 0.29) is 0 Å². The first-order valence-electron chi connectivity index (χ1n) is 6.05. The van der Waals surface area contributed by atoms with E-state index in [1.165, 1.54) is 25.7 Å². The molecule has 4 unspecified atom stereocenters. The molecule has 1 saturated heterocycles. The third kappa shape index (κ3) is 1.40. The molecule has 0 aromatic carbocycles. The van der Waals surface area contributed by atoms with Crippen LogP contribution in [0.4, 0.5) is 0 Å². The third-order valence-electron chi connectivity index (χ3n) is 4.46. The fourth-order valence-electron chi connectivity index (χ4n) is 3.82.